The maximum Gasteiger partial charge on any atom is 0.154 e. The average molecular weight is 184 g/mol. The second kappa shape index (κ2) is 2.70. The first-order valence-corrected chi connectivity index (χ1v) is 4.37. The van der Waals surface area contributed by atoms with Gasteiger partial charge in [-0.3, -0.25) is 0 Å². The van der Waals surface area contributed by atoms with Gasteiger partial charge in [-0.05, 0) is 18.2 Å². The molecule has 0 saturated heterocycles. The van der Waals surface area contributed by atoms with Crippen molar-refractivity contribution in [3.8, 4) is 11.3 Å². The monoisotopic (exact) mass is 184 g/mol. The number of hydrogen-bond donors (Lipinski definition) is 1. The highest BCUT2D eigenvalue weighted by Crippen LogP contribution is 2.16. The summed E-state index contributed by atoms with van der Waals surface area (Å²) in [4.78, 5) is 7.44. The fourth-order valence-corrected chi connectivity index (χ4v) is 1.45. The molecule has 14 heavy (non-hydrogen) atoms. The van der Waals surface area contributed by atoms with Crippen molar-refractivity contribution in [2.45, 2.75) is 0 Å². The molecule has 3 rings (SSSR count). The maximum atomic E-state index is 4.44. The second-order valence-electron chi connectivity index (χ2n) is 3.05. The first-order chi connectivity index (χ1) is 6.93. The highest BCUT2D eigenvalue weighted by molar-refractivity contribution is 5.61. The first kappa shape index (κ1) is 7.32. The van der Waals surface area contributed by atoms with E-state index in [2.05, 4.69) is 15.1 Å². The van der Waals surface area contributed by atoms with Crippen LogP contribution in [0.3, 0.4) is 0 Å². The third kappa shape index (κ3) is 1.01. The van der Waals surface area contributed by atoms with Gasteiger partial charge in [0.15, 0.2) is 5.65 Å². The lowest BCUT2D eigenvalue weighted by Gasteiger charge is -1.85. The molecule has 1 N–H and O–H groups in total. The summed E-state index contributed by atoms with van der Waals surface area (Å²) in [5, 5.41) is 4.16. The quantitative estimate of drug-likeness (QED) is 0.626. The van der Waals surface area contributed by atoms with Crippen molar-refractivity contribution in [1.29, 1.82) is 0 Å². The lowest BCUT2D eigenvalue weighted by molar-refractivity contribution is 0.936. The molecule has 0 bridgehead atoms. The van der Waals surface area contributed by atoms with Crippen molar-refractivity contribution in [2.75, 3.05) is 0 Å². The van der Waals surface area contributed by atoms with Gasteiger partial charge in [-0.1, -0.05) is 0 Å². The van der Waals surface area contributed by atoms with Crippen LogP contribution in [0, 0.1) is 0 Å². The Hall–Kier alpha value is -2.10. The standard InChI is InChI=1S/C10H8N4/c1-2-10-13-9(7-14(10)12-4-1)8-3-5-11-6-8/h1-7,11H. The molecule has 0 radical (unpaired) electrons. The smallest absolute Gasteiger partial charge is 0.154 e. The number of aromatic nitrogens is 4. The zero-order valence-corrected chi connectivity index (χ0v) is 7.38. The summed E-state index contributed by atoms with van der Waals surface area (Å²) >= 11 is 0. The van der Waals surface area contributed by atoms with E-state index in [4.69, 9.17) is 0 Å². The van der Waals surface area contributed by atoms with Crippen LogP contribution in [-0.2, 0) is 0 Å². The summed E-state index contributed by atoms with van der Waals surface area (Å²) < 4.78 is 1.77. The van der Waals surface area contributed by atoms with Gasteiger partial charge in [0.25, 0.3) is 0 Å². The number of imidazole rings is 1. The molecule has 68 valence electrons. The molecule has 4 nitrogen and oxygen atoms in total. The number of nitrogens with one attached hydrogen (secondary N) is 1. The van der Waals surface area contributed by atoms with Crippen LogP contribution in [-0.4, -0.2) is 19.6 Å². The minimum absolute atomic E-state index is 0.865. The summed E-state index contributed by atoms with van der Waals surface area (Å²) in [6.45, 7) is 0. The number of H-pyrrole nitrogens is 1. The molecule has 0 amide bonds. The largest absolute Gasteiger partial charge is 0.367 e. The molecule has 3 aromatic heterocycles. The second-order valence-corrected chi connectivity index (χ2v) is 3.05. The van der Waals surface area contributed by atoms with E-state index in [1.165, 1.54) is 0 Å². The molecule has 0 aliphatic rings. The summed E-state index contributed by atoms with van der Waals surface area (Å²) in [5.74, 6) is 0. The van der Waals surface area contributed by atoms with E-state index in [1.807, 2.05) is 36.8 Å². The van der Waals surface area contributed by atoms with Gasteiger partial charge >= 0.3 is 0 Å². The molecule has 0 fully saturated rings. The topological polar surface area (TPSA) is 46.0 Å². The highest BCUT2D eigenvalue weighted by atomic mass is 15.2. The van der Waals surface area contributed by atoms with Gasteiger partial charge in [-0.15, -0.1) is 0 Å². The van der Waals surface area contributed by atoms with Gasteiger partial charge in [0.05, 0.1) is 11.9 Å². The van der Waals surface area contributed by atoms with Crippen LogP contribution in [0.25, 0.3) is 16.9 Å². The Morgan fingerprint density at radius 2 is 2.29 bits per heavy atom. The molecule has 0 aliphatic carbocycles. The third-order valence-corrected chi connectivity index (χ3v) is 2.13. The molecule has 0 aromatic carbocycles. The molecule has 0 saturated carbocycles. The summed E-state index contributed by atoms with van der Waals surface area (Å²) in [5.41, 5.74) is 2.88. The lowest BCUT2D eigenvalue weighted by atomic mass is 10.3. The van der Waals surface area contributed by atoms with Crippen molar-refractivity contribution in [3.05, 3.63) is 43.0 Å². The van der Waals surface area contributed by atoms with Crippen molar-refractivity contribution >= 4 is 5.65 Å². The van der Waals surface area contributed by atoms with Crippen LogP contribution in [0.2, 0.25) is 0 Å². The Morgan fingerprint density at radius 3 is 3.07 bits per heavy atom. The Kier molecular flexibility index (Phi) is 1.41. The van der Waals surface area contributed by atoms with Crippen LogP contribution in [0.1, 0.15) is 0 Å². The molecular weight excluding hydrogens is 176 g/mol. The van der Waals surface area contributed by atoms with E-state index in [-0.39, 0.29) is 0 Å². The van der Waals surface area contributed by atoms with Crippen LogP contribution in [0.4, 0.5) is 0 Å². The van der Waals surface area contributed by atoms with Gasteiger partial charge < -0.3 is 4.98 Å². The zero-order chi connectivity index (χ0) is 9.38. The number of rotatable bonds is 1. The predicted octanol–water partition coefficient (Wildman–Crippen LogP) is 1.72. The fraction of sp³-hybridized carbons (Fsp3) is 0. The normalized spacial score (nSPS) is 10.9. The molecule has 3 aromatic rings. The Bertz CT molecular complexity index is 517. The van der Waals surface area contributed by atoms with Crippen molar-refractivity contribution < 1.29 is 0 Å². The molecule has 3 heterocycles. The van der Waals surface area contributed by atoms with Crippen LogP contribution < -0.4 is 0 Å². The maximum absolute atomic E-state index is 4.44. The molecule has 0 aliphatic heterocycles. The molecule has 4 heteroatoms. The van der Waals surface area contributed by atoms with E-state index in [1.54, 1.807) is 10.7 Å². The van der Waals surface area contributed by atoms with Crippen molar-refractivity contribution in [2.24, 2.45) is 0 Å². The summed E-state index contributed by atoms with van der Waals surface area (Å²) in [7, 11) is 0. The fourth-order valence-electron chi connectivity index (χ4n) is 1.45. The minimum Gasteiger partial charge on any atom is -0.367 e. The Morgan fingerprint density at radius 1 is 1.29 bits per heavy atom. The Labute approximate surface area is 80.2 Å². The number of fused-ring (bicyclic) bond motifs is 1. The van der Waals surface area contributed by atoms with Crippen molar-refractivity contribution in [3.63, 3.8) is 0 Å². The molecule has 0 atom stereocenters. The van der Waals surface area contributed by atoms with Gasteiger partial charge in [0.2, 0.25) is 0 Å². The molecule has 0 spiro atoms. The van der Waals surface area contributed by atoms with Gasteiger partial charge in [0, 0.05) is 24.2 Å². The first-order valence-electron chi connectivity index (χ1n) is 4.37. The summed E-state index contributed by atoms with van der Waals surface area (Å²) in [6, 6.07) is 5.80. The number of hydrogen-bond acceptors (Lipinski definition) is 2. The van der Waals surface area contributed by atoms with Crippen molar-refractivity contribution in [1.82, 2.24) is 19.6 Å². The van der Waals surface area contributed by atoms with E-state index >= 15 is 0 Å². The van der Waals surface area contributed by atoms with Gasteiger partial charge in [0.1, 0.15) is 0 Å². The van der Waals surface area contributed by atoms with E-state index in [0.717, 1.165) is 16.9 Å². The average Bonchev–Trinajstić information content (AvgIpc) is 2.86. The predicted molar refractivity (Wildman–Crippen MR) is 52.8 cm³/mol. The summed E-state index contributed by atoms with van der Waals surface area (Å²) in [6.07, 6.45) is 7.46. The van der Waals surface area contributed by atoms with Gasteiger partial charge in [-0.25, -0.2) is 9.50 Å². The number of aromatic amines is 1. The van der Waals surface area contributed by atoms with E-state index in [0.29, 0.717) is 0 Å². The molecular formula is C10H8N4. The Balaban J connectivity index is 2.24. The highest BCUT2D eigenvalue weighted by Gasteiger charge is 2.03. The van der Waals surface area contributed by atoms with Gasteiger partial charge in [-0.2, -0.15) is 5.10 Å². The number of nitrogens with zero attached hydrogens (tertiary/aromatic N) is 3. The van der Waals surface area contributed by atoms with Crippen LogP contribution in [0.15, 0.2) is 43.0 Å². The zero-order valence-electron chi connectivity index (χ0n) is 7.38. The lowest BCUT2D eigenvalue weighted by Crippen LogP contribution is -1.85. The van der Waals surface area contributed by atoms with Crippen LogP contribution in [0.5, 0.6) is 0 Å². The van der Waals surface area contributed by atoms with E-state index in [9.17, 15) is 0 Å². The molecule has 0 unspecified atom stereocenters. The van der Waals surface area contributed by atoms with E-state index < -0.39 is 0 Å². The SMILES string of the molecule is c1cnn2cc(-c3cc[nH]c3)nc2c1. The third-order valence-electron chi connectivity index (χ3n) is 2.13. The van der Waals surface area contributed by atoms with Crippen LogP contribution >= 0.6 is 0 Å². The minimum atomic E-state index is 0.865.